The summed E-state index contributed by atoms with van der Waals surface area (Å²) in [5, 5.41) is 11.3. The number of benzene rings is 2. The molecule has 0 bridgehead atoms. The standard InChI is InChI=1S/C14H9ClFN3/c15-10-7-5-9(6-8-10)13-14(18-19-17-13)11-3-1-2-4-12(11)16/h1-8H,(H,17,18,19). The molecule has 94 valence electrons. The predicted molar refractivity (Wildman–Crippen MR) is 72.2 cm³/mol. The molecule has 3 rings (SSSR count). The maximum absolute atomic E-state index is 13.8. The van der Waals surface area contributed by atoms with Crippen LogP contribution in [0.1, 0.15) is 0 Å². The van der Waals surface area contributed by atoms with Gasteiger partial charge in [0.2, 0.25) is 0 Å². The number of nitrogens with one attached hydrogen (secondary N) is 1. The van der Waals surface area contributed by atoms with E-state index in [4.69, 9.17) is 11.6 Å². The van der Waals surface area contributed by atoms with Crippen LogP contribution in [0.4, 0.5) is 4.39 Å². The Labute approximate surface area is 114 Å². The monoisotopic (exact) mass is 273 g/mol. The second-order valence-electron chi connectivity index (χ2n) is 4.01. The summed E-state index contributed by atoms with van der Waals surface area (Å²) in [6.45, 7) is 0. The van der Waals surface area contributed by atoms with Gasteiger partial charge in [0.05, 0.1) is 0 Å². The molecule has 5 heteroatoms. The van der Waals surface area contributed by atoms with Gasteiger partial charge in [0.25, 0.3) is 0 Å². The highest BCUT2D eigenvalue weighted by Gasteiger charge is 2.15. The van der Waals surface area contributed by atoms with E-state index >= 15 is 0 Å². The quantitative estimate of drug-likeness (QED) is 0.768. The normalized spacial score (nSPS) is 10.6. The highest BCUT2D eigenvalue weighted by atomic mass is 35.5. The lowest BCUT2D eigenvalue weighted by atomic mass is 10.0. The van der Waals surface area contributed by atoms with Crippen molar-refractivity contribution in [3.8, 4) is 22.5 Å². The van der Waals surface area contributed by atoms with Gasteiger partial charge in [0.15, 0.2) is 0 Å². The molecule has 0 radical (unpaired) electrons. The summed E-state index contributed by atoms with van der Waals surface area (Å²) >= 11 is 5.85. The summed E-state index contributed by atoms with van der Waals surface area (Å²) in [7, 11) is 0. The molecule has 0 spiro atoms. The van der Waals surface area contributed by atoms with Crippen molar-refractivity contribution in [3.05, 3.63) is 59.4 Å². The van der Waals surface area contributed by atoms with Crippen LogP contribution >= 0.6 is 11.6 Å². The minimum absolute atomic E-state index is 0.327. The Morgan fingerprint density at radius 3 is 2.32 bits per heavy atom. The Kier molecular flexibility index (Phi) is 3.01. The van der Waals surface area contributed by atoms with Gasteiger partial charge in [-0.25, -0.2) is 4.39 Å². The van der Waals surface area contributed by atoms with Gasteiger partial charge in [0, 0.05) is 16.1 Å². The third kappa shape index (κ3) is 2.22. The van der Waals surface area contributed by atoms with Crippen LogP contribution < -0.4 is 0 Å². The third-order valence-corrected chi connectivity index (χ3v) is 3.05. The van der Waals surface area contributed by atoms with Crippen LogP contribution in [0.5, 0.6) is 0 Å². The van der Waals surface area contributed by atoms with Gasteiger partial charge in [0.1, 0.15) is 17.2 Å². The number of hydrogen-bond acceptors (Lipinski definition) is 2. The second kappa shape index (κ2) is 4.82. The van der Waals surface area contributed by atoms with Gasteiger partial charge in [-0.2, -0.15) is 15.4 Å². The van der Waals surface area contributed by atoms with E-state index in [0.717, 1.165) is 5.56 Å². The predicted octanol–water partition coefficient (Wildman–Crippen LogP) is 3.93. The molecule has 0 saturated carbocycles. The number of aromatic nitrogens is 3. The molecule has 0 aliphatic rings. The van der Waals surface area contributed by atoms with Crippen molar-refractivity contribution in [3.63, 3.8) is 0 Å². The number of halogens is 2. The van der Waals surface area contributed by atoms with Crippen molar-refractivity contribution >= 4 is 11.6 Å². The van der Waals surface area contributed by atoms with Crippen molar-refractivity contribution < 1.29 is 4.39 Å². The van der Waals surface area contributed by atoms with Gasteiger partial charge in [-0.15, -0.1) is 0 Å². The third-order valence-electron chi connectivity index (χ3n) is 2.79. The first-order valence-electron chi connectivity index (χ1n) is 5.67. The van der Waals surface area contributed by atoms with Crippen molar-refractivity contribution in [2.24, 2.45) is 0 Å². The van der Waals surface area contributed by atoms with Crippen LogP contribution in [0.2, 0.25) is 5.02 Å². The number of nitrogens with zero attached hydrogens (tertiary/aromatic N) is 2. The van der Waals surface area contributed by atoms with Crippen molar-refractivity contribution in [2.75, 3.05) is 0 Å². The summed E-state index contributed by atoms with van der Waals surface area (Å²) < 4.78 is 13.8. The lowest BCUT2D eigenvalue weighted by Gasteiger charge is -2.02. The molecule has 1 aromatic heterocycles. The SMILES string of the molecule is Fc1ccccc1-c1n[nH]nc1-c1ccc(Cl)cc1. The van der Waals surface area contributed by atoms with Crippen molar-refractivity contribution in [1.29, 1.82) is 0 Å². The Hall–Kier alpha value is -2.20. The molecule has 0 atom stereocenters. The smallest absolute Gasteiger partial charge is 0.132 e. The lowest BCUT2D eigenvalue weighted by Crippen LogP contribution is -1.87. The molecule has 0 amide bonds. The summed E-state index contributed by atoms with van der Waals surface area (Å²) in [5.74, 6) is -0.327. The average molecular weight is 274 g/mol. The summed E-state index contributed by atoms with van der Waals surface area (Å²) in [4.78, 5) is 0. The molecule has 0 aliphatic heterocycles. The Morgan fingerprint density at radius 2 is 1.58 bits per heavy atom. The molecular weight excluding hydrogens is 265 g/mol. The van der Waals surface area contributed by atoms with Crippen LogP contribution in [-0.4, -0.2) is 15.4 Å². The van der Waals surface area contributed by atoms with Gasteiger partial charge in [-0.05, 0) is 24.3 Å². The molecule has 0 saturated heterocycles. The van der Waals surface area contributed by atoms with Crippen LogP contribution in [-0.2, 0) is 0 Å². The average Bonchev–Trinajstić information content (AvgIpc) is 2.89. The van der Waals surface area contributed by atoms with E-state index < -0.39 is 0 Å². The van der Waals surface area contributed by atoms with Gasteiger partial charge in [-0.3, -0.25) is 0 Å². The fourth-order valence-corrected chi connectivity index (χ4v) is 2.01. The first-order chi connectivity index (χ1) is 9.25. The topological polar surface area (TPSA) is 41.6 Å². The van der Waals surface area contributed by atoms with Crippen LogP contribution in [0.15, 0.2) is 48.5 Å². The molecule has 2 aromatic carbocycles. The van der Waals surface area contributed by atoms with Crippen molar-refractivity contribution in [1.82, 2.24) is 15.4 Å². The molecule has 1 N–H and O–H groups in total. The Balaban J connectivity index is 2.13. The van der Waals surface area contributed by atoms with Crippen LogP contribution in [0.25, 0.3) is 22.5 Å². The minimum Gasteiger partial charge on any atom is -0.206 e. The van der Waals surface area contributed by atoms with Crippen LogP contribution in [0.3, 0.4) is 0 Å². The van der Waals surface area contributed by atoms with Crippen molar-refractivity contribution in [2.45, 2.75) is 0 Å². The van der Waals surface area contributed by atoms with E-state index in [-0.39, 0.29) is 5.82 Å². The number of aromatic amines is 1. The molecule has 0 fully saturated rings. The first kappa shape index (κ1) is 11.9. The molecule has 1 heterocycles. The molecule has 3 aromatic rings. The zero-order valence-corrected chi connectivity index (χ0v) is 10.5. The lowest BCUT2D eigenvalue weighted by molar-refractivity contribution is 0.630. The molecule has 3 nitrogen and oxygen atoms in total. The largest absolute Gasteiger partial charge is 0.206 e. The number of rotatable bonds is 2. The number of H-pyrrole nitrogens is 1. The van der Waals surface area contributed by atoms with E-state index in [1.165, 1.54) is 6.07 Å². The van der Waals surface area contributed by atoms with Gasteiger partial charge >= 0.3 is 0 Å². The van der Waals surface area contributed by atoms with E-state index in [1.807, 2.05) is 12.1 Å². The Bertz CT molecular complexity index is 707. The number of hydrogen-bond donors (Lipinski definition) is 1. The maximum Gasteiger partial charge on any atom is 0.132 e. The van der Waals surface area contributed by atoms with E-state index in [1.54, 1.807) is 30.3 Å². The minimum atomic E-state index is -0.327. The first-order valence-corrected chi connectivity index (χ1v) is 6.05. The molecular formula is C14H9ClFN3. The van der Waals surface area contributed by atoms with Crippen LogP contribution in [0, 0.1) is 5.82 Å². The molecule has 19 heavy (non-hydrogen) atoms. The fourth-order valence-electron chi connectivity index (χ4n) is 1.88. The zero-order valence-electron chi connectivity index (χ0n) is 9.77. The highest BCUT2D eigenvalue weighted by Crippen LogP contribution is 2.30. The van der Waals surface area contributed by atoms with E-state index in [9.17, 15) is 4.39 Å². The van der Waals surface area contributed by atoms with Gasteiger partial charge < -0.3 is 0 Å². The summed E-state index contributed by atoms with van der Waals surface area (Å²) in [6.07, 6.45) is 0. The van der Waals surface area contributed by atoms with E-state index in [0.29, 0.717) is 22.0 Å². The highest BCUT2D eigenvalue weighted by molar-refractivity contribution is 6.30. The summed E-state index contributed by atoms with van der Waals surface area (Å²) in [6, 6.07) is 13.6. The maximum atomic E-state index is 13.8. The second-order valence-corrected chi connectivity index (χ2v) is 4.44. The van der Waals surface area contributed by atoms with E-state index in [2.05, 4.69) is 15.4 Å². The fraction of sp³-hybridized carbons (Fsp3) is 0. The van der Waals surface area contributed by atoms with Gasteiger partial charge in [-0.1, -0.05) is 35.9 Å². The summed E-state index contributed by atoms with van der Waals surface area (Å²) in [5.41, 5.74) is 2.33. The zero-order chi connectivity index (χ0) is 13.2. The Morgan fingerprint density at radius 1 is 0.895 bits per heavy atom. The molecule has 0 aliphatic carbocycles. The molecule has 0 unspecified atom stereocenters.